The highest BCUT2D eigenvalue weighted by Gasteiger charge is 2.10. The molecule has 0 bridgehead atoms. The Bertz CT molecular complexity index is 1040. The van der Waals surface area contributed by atoms with Crippen LogP contribution in [0.3, 0.4) is 0 Å². The lowest BCUT2D eigenvalue weighted by atomic mass is 10.2. The summed E-state index contributed by atoms with van der Waals surface area (Å²) in [4.78, 5) is 20.6. The van der Waals surface area contributed by atoms with Crippen LogP contribution in [0.2, 0.25) is 0 Å². The maximum atomic E-state index is 13.2. The maximum Gasteiger partial charge on any atom is 0.250 e. The number of aromatic nitrogens is 3. The first kappa shape index (κ1) is 20.7. The van der Waals surface area contributed by atoms with Gasteiger partial charge < -0.3 is 4.57 Å². The minimum atomic E-state index is -0.273. The second-order valence-electron chi connectivity index (χ2n) is 6.65. The summed E-state index contributed by atoms with van der Waals surface area (Å²) in [6.45, 7) is 7.70. The number of thioether (sulfide) groups is 1. The van der Waals surface area contributed by atoms with E-state index in [-0.39, 0.29) is 17.5 Å². The zero-order chi connectivity index (χ0) is 21.0. The van der Waals surface area contributed by atoms with Crippen molar-refractivity contribution in [2.45, 2.75) is 32.9 Å². The van der Waals surface area contributed by atoms with Crippen molar-refractivity contribution in [3.63, 3.8) is 0 Å². The van der Waals surface area contributed by atoms with Crippen molar-refractivity contribution in [2.24, 2.45) is 5.10 Å². The molecule has 1 aromatic carbocycles. The second kappa shape index (κ2) is 9.00. The molecule has 0 aliphatic rings. The molecule has 0 saturated carbocycles. The quantitative estimate of drug-likeness (QED) is 0.289. The molecule has 1 N–H and O–H groups in total. The molecule has 6 nitrogen and oxygen atoms in total. The number of amides is 1. The maximum absolute atomic E-state index is 13.2. The SMILES string of the molecule is Cc1cc(C)nc(SCC(=O)N/N=C/c2cc(C)n(-c3ccc(F)cc3)c2C)n1. The van der Waals surface area contributed by atoms with E-state index in [1.165, 1.54) is 23.9 Å². The lowest BCUT2D eigenvalue weighted by molar-refractivity contribution is -0.118. The third-order valence-corrected chi connectivity index (χ3v) is 5.09. The van der Waals surface area contributed by atoms with Crippen LogP contribution in [0.25, 0.3) is 5.69 Å². The Morgan fingerprint density at radius 2 is 1.79 bits per heavy atom. The van der Waals surface area contributed by atoms with E-state index in [9.17, 15) is 9.18 Å². The van der Waals surface area contributed by atoms with Crippen LogP contribution in [0.15, 0.2) is 46.7 Å². The molecular weight excluding hydrogens is 389 g/mol. The normalized spacial score (nSPS) is 11.2. The number of hydrazone groups is 1. The third kappa shape index (κ3) is 5.29. The minimum absolute atomic E-state index is 0.175. The summed E-state index contributed by atoms with van der Waals surface area (Å²) in [5.41, 5.74) is 7.95. The first-order valence-corrected chi connectivity index (χ1v) is 10.0. The summed E-state index contributed by atoms with van der Waals surface area (Å²) in [5.74, 6) is -0.333. The van der Waals surface area contributed by atoms with Gasteiger partial charge in [-0.3, -0.25) is 4.79 Å². The molecule has 2 aromatic heterocycles. The van der Waals surface area contributed by atoms with Crippen LogP contribution in [0.1, 0.15) is 28.3 Å². The number of aryl methyl sites for hydroxylation is 3. The van der Waals surface area contributed by atoms with E-state index in [1.807, 2.05) is 44.4 Å². The Morgan fingerprint density at radius 1 is 1.14 bits per heavy atom. The summed E-state index contributed by atoms with van der Waals surface area (Å²) < 4.78 is 15.2. The lowest BCUT2D eigenvalue weighted by Crippen LogP contribution is -2.19. The molecule has 3 aromatic rings. The number of hydrogen-bond acceptors (Lipinski definition) is 5. The van der Waals surface area contributed by atoms with E-state index in [0.29, 0.717) is 5.16 Å². The van der Waals surface area contributed by atoms with E-state index < -0.39 is 0 Å². The standard InChI is InChI=1S/C21H22FN5OS/c1-13-9-14(2)25-21(24-13)29-12-20(28)26-23-11-17-10-15(3)27(16(17)4)19-7-5-18(22)6-8-19/h5-11H,12H2,1-4H3,(H,26,28)/b23-11+. The van der Waals surface area contributed by atoms with Gasteiger partial charge in [-0.1, -0.05) is 11.8 Å². The summed E-state index contributed by atoms with van der Waals surface area (Å²) in [6.07, 6.45) is 1.61. The van der Waals surface area contributed by atoms with Gasteiger partial charge in [0.2, 0.25) is 0 Å². The van der Waals surface area contributed by atoms with Crippen molar-refractivity contribution >= 4 is 23.9 Å². The highest BCUT2D eigenvalue weighted by atomic mass is 32.2. The number of carbonyl (C=O) groups excluding carboxylic acids is 1. The van der Waals surface area contributed by atoms with Crippen LogP contribution < -0.4 is 5.43 Å². The van der Waals surface area contributed by atoms with Gasteiger partial charge in [0.1, 0.15) is 5.82 Å². The molecule has 0 radical (unpaired) electrons. The molecule has 29 heavy (non-hydrogen) atoms. The van der Waals surface area contributed by atoms with Gasteiger partial charge in [0, 0.05) is 34.0 Å². The number of hydrogen-bond donors (Lipinski definition) is 1. The highest BCUT2D eigenvalue weighted by molar-refractivity contribution is 7.99. The Labute approximate surface area is 173 Å². The number of rotatable bonds is 6. The Kier molecular flexibility index (Phi) is 6.43. The van der Waals surface area contributed by atoms with Crippen LogP contribution in [0.5, 0.6) is 0 Å². The van der Waals surface area contributed by atoms with Gasteiger partial charge in [-0.05, 0) is 64.1 Å². The van der Waals surface area contributed by atoms with Crippen molar-refractivity contribution in [2.75, 3.05) is 5.75 Å². The highest BCUT2D eigenvalue weighted by Crippen LogP contribution is 2.20. The van der Waals surface area contributed by atoms with E-state index in [4.69, 9.17) is 0 Å². The molecule has 0 unspecified atom stereocenters. The zero-order valence-corrected chi connectivity index (χ0v) is 17.5. The van der Waals surface area contributed by atoms with Gasteiger partial charge in [-0.2, -0.15) is 5.10 Å². The summed E-state index contributed by atoms with van der Waals surface area (Å²) >= 11 is 1.27. The van der Waals surface area contributed by atoms with E-state index in [2.05, 4.69) is 20.5 Å². The van der Waals surface area contributed by atoms with Gasteiger partial charge in [0.25, 0.3) is 5.91 Å². The average Bonchev–Trinajstić information content (AvgIpc) is 2.94. The van der Waals surface area contributed by atoms with Gasteiger partial charge >= 0.3 is 0 Å². The smallest absolute Gasteiger partial charge is 0.250 e. The largest absolute Gasteiger partial charge is 0.318 e. The molecule has 2 heterocycles. The number of nitrogens with zero attached hydrogens (tertiary/aromatic N) is 4. The molecule has 0 aliphatic heterocycles. The number of halogens is 1. The van der Waals surface area contributed by atoms with Crippen LogP contribution in [0, 0.1) is 33.5 Å². The molecule has 1 amide bonds. The molecule has 8 heteroatoms. The van der Waals surface area contributed by atoms with Crippen LogP contribution in [0.4, 0.5) is 4.39 Å². The predicted molar refractivity (Wildman–Crippen MR) is 113 cm³/mol. The van der Waals surface area contributed by atoms with Crippen LogP contribution >= 0.6 is 11.8 Å². The van der Waals surface area contributed by atoms with Crippen LogP contribution in [-0.2, 0) is 4.79 Å². The zero-order valence-electron chi connectivity index (χ0n) is 16.7. The Morgan fingerprint density at radius 3 is 2.45 bits per heavy atom. The summed E-state index contributed by atoms with van der Waals surface area (Å²) in [5, 5.41) is 4.63. The van der Waals surface area contributed by atoms with Crippen molar-refractivity contribution in [3.8, 4) is 5.69 Å². The predicted octanol–water partition coefficient (Wildman–Crippen LogP) is 3.88. The van der Waals surface area contributed by atoms with Crippen molar-refractivity contribution in [3.05, 3.63) is 70.6 Å². The monoisotopic (exact) mass is 411 g/mol. The number of benzene rings is 1. The fourth-order valence-corrected chi connectivity index (χ4v) is 3.74. The third-order valence-electron chi connectivity index (χ3n) is 4.24. The van der Waals surface area contributed by atoms with Crippen molar-refractivity contribution < 1.29 is 9.18 Å². The van der Waals surface area contributed by atoms with E-state index >= 15 is 0 Å². The molecule has 0 aliphatic carbocycles. The summed E-state index contributed by atoms with van der Waals surface area (Å²) in [6, 6.07) is 10.2. The molecule has 3 rings (SSSR count). The first-order chi connectivity index (χ1) is 13.8. The number of carbonyl (C=O) groups is 1. The Hall–Kier alpha value is -3.00. The lowest BCUT2D eigenvalue weighted by Gasteiger charge is -2.09. The molecule has 0 fully saturated rings. The van der Waals surface area contributed by atoms with E-state index in [0.717, 1.165) is 34.0 Å². The van der Waals surface area contributed by atoms with Crippen molar-refractivity contribution in [1.29, 1.82) is 0 Å². The number of nitrogens with one attached hydrogen (secondary N) is 1. The fraction of sp³-hybridized carbons (Fsp3) is 0.238. The minimum Gasteiger partial charge on any atom is -0.318 e. The summed E-state index contributed by atoms with van der Waals surface area (Å²) in [7, 11) is 0. The van der Waals surface area contributed by atoms with Crippen LogP contribution in [-0.4, -0.2) is 32.4 Å². The van der Waals surface area contributed by atoms with Gasteiger partial charge in [0.15, 0.2) is 5.16 Å². The molecule has 0 atom stereocenters. The first-order valence-electron chi connectivity index (χ1n) is 9.05. The second-order valence-corrected chi connectivity index (χ2v) is 7.60. The molecule has 0 spiro atoms. The average molecular weight is 412 g/mol. The molecular formula is C21H22FN5OS. The van der Waals surface area contributed by atoms with Gasteiger partial charge in [-0.25, -0.2) is 19.8 Å². The molecule has 150 valence electrons. The van der Waals surface area contributed by atoms with E-state index in [1.54, 1.807) is 18.3 Å². The van der Waals surface area contributed by atoms with Gasteiger partial charge in [-0.15, -0.1) is 0 Å². The Balaban J connectivity index is 1.62. The van der Waals surface area contributed by atoms with Gasteiger partial charge in [0.05, 0.1) is 12.0 Å². The fourth-order valence-electron chi connectivity index (χ4n) is 3.00. The molecule has 0 saturated heterocycles. The van der Waals surface area contributed by atoms with Crippen molar-refractivity contribution in [1.82, 2.24) is 20.0 Å². The topological polar surface area (TPSA) is 72.2 Å².